The summed E-state index contributed by atoms with van der Waals surface area (Å²) in [7, 11) is 1.72. The first kappa shape index (κ1) is 21.1. The standard InChI is InChI=1S/C22H27ClN4O3/c1-29-14-12-25-8-10-26(11-9-25)16-22(28)27-20(21-3-2-13-30-21)15-19(24-27)17-4-6-18(23)7-5-17/h2-7,13,20H,8-12,14-16H2,1H3. The van der Waals surface area contributed by atoms with E-state index in [9.17, 15) is 4.79 Å². The van der Waals surface area contributed by atoms with Gasteiger partial charge in [0, 0.05) is 51.3 Å². The fraction of sp³-hybridized carbons (Fsp3) is 0.455. The fourth-order valence-electron chi connectivity index (χ4n) is 3.91. The maximum Gasteiger partial charge on any atom is 0.257 e. The molecule has 0 aliphatic carbocycles. The predicted molar refractivity (Wildman–Crippen MR) is 116 cm³/mol. The molecule has 7 nitrogen and oxygen atoms in total. The van der Waals surface area contributed by atoms with E-state index in [2.05, 4.69) is 14.9 Å². The molecule has 4 rings (SSSR count). The number of piperazine rings is 1. The molecule has 0 bridgehead atoms. The van der Waals surface area contributed by atoms with Gasteiger partial charge in [0.2, 0.25) is 0 Å². The number of carbonyl (C=O) groups is 1. The number of rotatable bonds is 7. The van der Waals surface area contributed by atoms with Crippen molar-refractivity contribution < 1.29 is 13.9 Å². The molecule has 0 saturated carbocycles. The van der Waals surface area contributed by atoms with Crippen molar-refractivity contribution in [3.8, 4) is 0 Å². The van der Waals surface area contributed by atoms with E-state index in [-0.39, 0.29) is 11.9 Å². The lowest BCUT2D eigenvalue weighted by Gasteiger charge is -2.34. The number of hydrogen-bond donors (Lipinski definition) is 0. The first-order valence-corrected chi connectivity index (χ1v) is 10.6. The molecule has 1 unspecified atom stereocenters. The highest BCUT2D eigenvalue weighted by Crippen LogP contribution is 2.33. The first-order valence-electron chi connectivity index (χ1n) is 10.3. The lowest BCUT2D eigenvalue weighted by molar-refractivity contribution is -0.135. The Balaban J connectivity index is 1.44. The van der Waals surface area contributed by atoms with Gasteiger partial charge in [-0.1, -0.05) is 23.7 Å². The molecule has 2 aliphatic heterocycles. The van der Waals surface area contributed by atoms with Gasteiger partial charge in [0.25, 0.3) is 5.91 Å². The quantitative estimate of drug-likeness (QED) is 0.676. The second kappa shape index (κ2) is 9.75. The second-order valence-corrected chi connectivity index (χ2v) is 8.07. The Morgan fingerprint density at radius 1 is 1.17 bits per heavy atom. The Bertz CT molecular complexity index is 861. The van der Waals surface area contributed by atoms with Crippen LogP contribution in [0.15, 0.2) is 52.2 Å². The Morgan fingerprint density at radius 3 is 2.57 bits per heavy atom. The molecular weight excluding hydrogens is 404 g/mol. The van der Waals surface area contributed by atoms with Crippen LogP contribution in [0.4, 0.5) is 0 Å². The van der Waals surface area contributed by atoms with Gasteiger partial charge in [-0.3, -0.25) is 14.6 Å². The minimum absolute atomic E-state index is 0.00861. The number of nitrogens with zero attached hydrogens (tertiary/aromatic N) is 4. The van der Waals surface area contributed by atoms with Gasteiger partial charge in [-0.25, -0.2) is 5.01 Å². The van der Waals surface area contributed by atoms with Gasteiger partial charge in [0.15, 0.2) is 0 Å². The van der Waals surface area contributed by atoms with Crippen LogP contribution in [0.1, 0.15) is 23.8 Å². The minimum atomic E-state index is -0.221. The van der Waals surface area contributed by atoms with Crippen molar-refractivity contribution >= 4 is 23.2 Å². The lowest BCUT2D eigenvalue weighted by Crippen LogP contribution is -2.50. The monoisotopic (exact) mass is 430 g/mol. The summed E-state index contributed by atoms with van der Waals surface area (Å²) in [6, 6.07) is 11.1. The highest BCUT2D eigenvalue weighted by molar-refractivity contribution is 6.30. The molecule has 1 saturated heterocycles. The van der Waals surface area contributed by atoms with Crippen LogP contribution in [0.3, 0.4) is 0 Å². The third-order valence-corrected chi connectivity index (χ3v) is 5.90. The summed E-state index contributed by atoms with van der Waals surface area (Å²) in [5.74, 6) is 0.742. The van der Waals surface area contributed by atoms with Crippen molar-refractivity contribution in [1.29, 1.82) is 0 Å². The van der Waals surface area contributed by atoms with Crippen molar-refractivity contribution in [3.63, 3.8) is 0 Å². The van der Waals surface area contributed by atoms with Gasteiger partial charge in [0.1, 0.15) is 11.8 Å². The largest absolute Gasteiger partial charge is 0.467 e. The summed E-state index contributed by atoms with van der Waals surface area (Å²) < 4.78 is 10.8. The number of hydrogen-bond acceptors (Lipinski definition) is 6. The van der Waals surface area contributed by atoms with E-state index in [0.717, 1.165) is 56.4 Å². The topological polar surface area (TPSA) is 61.5 Å². The van der Waals surface area contributed by atoms with Crippen LogP contribution < -0.4 is 0 Å². The van der Waals surface area contributed by atoms with Crippen molar-refractivity contribution in [1.82, 2.24) is 14.8 Å². The fourth-order valence-corrected chi connectivity index (χ4v) is 4.04. The van der Waals surface area contributed by atoms with Gasteiger partial charge < -0.3 is 9.15 Å². The molecule has 160 valence electrons. The molecule has 1 fully saturated rings. The number of carbonyl (C=O) groups excluding carboxylic acids is 1. The van der Waals surface area contributed by atoms with Crippen LogP contribution in [0, 0.1) is 0 Å². The third-order valence-electron chi connectivity index (χ3n) is 5.65. The first-order chi connectivity index (χ1) is 14.6. The molecule has 3 heterocycles. The van der Waals surface area contributed by atoms with E-state index in [0.29, 0.717) is 18.0 Å². The van der Waals surface area contributed by atoms with E-state index >= 15 is 0 Å². The molecule has 1 aromatic heterocycles. The molecule has 1 aromatic carbocycles. The Kier molecular flexibility index (Phi) is 6.84. The Morgan fingerprint density at radius 2 is 1.90 bits per heavy atom. The molecule has 30 heavy (non-hydrogen) atoms. The van der Waals surface area contributed by atoms with Gasteiger partial charge >= 0.3 is 0 Å². The highest BCUT2D eigenvalue weighted by Gasteiger charge is 2.35. The van der Waals surface area contributed by atoms with Crippen LogP contribution in [-0.4, -0.2) is 79.4 Å². The van der Waals surface area contributed by atoms with Crippen LogP contribution >= 0.6 is 11.6 Å². The van der Waals surface area contributed by atoms with Gasteiger partial charge in [0.05, 0.1) is 25.1 Å². The van der Waals surface area contributed by atoms with E-state index in [4.69, 9.17) is 20.8 Å². The number of benzene rings is 1. The van der Waals surface area contributed by atoms with E-state index in [1.165, 1.54) is 0 Å². The average molecular weight is 431 g/mol. The molecule has 8 heteroatoms. The van der Waals surface area contributed by atoms with Crippen LogP contribution in [0.5, 0.6) is 0 Å². The maximum atomic E-state index is 13.2. The number of furan rings is 1. The zero-order valence-corrected chi connectivity index (χ0v) is 17.9. The molecule has 1 atom stereocenters. The van der Waals surface area contributed by atoms with Crippen molar-refractivity contribution in [3.05, 3.63) is 59.0 Å². The second-order valence-electron chi connectivity index (χ2n) is 7.64. The molecule has 0 spiro atoms. The van der Waals surface area contributed by atoms with Gasteiger partial charge in [-0.05, 0) is 29.8 Å². The van der Waals surface area contributed by atoms with E-state index in [1.54, 1.807) is 18.4 Å². The van der Waals surface area contributed by atoms with Crippen LogP contribution in [0.2, 0.25) is 5.02 Å². The zero-order valence-electron chi connectivity index (χ0n) is 17.2. The molecule has 1 amide bonds. The number of ether oxygens (including phenoxy) is 1. The van der Waals surface area contributed by atoms with Crippen molar-refractivity contribution in [2.45, 2.75) is 12.5 Å². The van der Waals surface area contributed by atoms with Gasteiger partial charge in [-0.15, -0.1) is 0 Å². The number of hydrazone groups is 1. The number of halogens is 1. The summed E-state index contributed by atoms with van der Waals surface area (Å²) in [4.78, 5) is 17.7. The third kappa shape index (κ3) is 4.92. The summed E-state index contributed by atoms with van der Waals surface area (Å²) in [6.45, 7) is 5.63. The Hall–Kier alpha value is -2.19. The summed E-state index contributed by atoms with van der Waals surface area (Å²) in [5.41, 5.74) is 1.84. The molecular formula is C22H27ClN4O3. The SMILES string of the molecule is COCCN1CCN(CC(=O)N2N=C(c3ccc(Cl)cc3)CC2c2ccco2)CC1. The molecule has 0 N–H and O–H groups in total. The van der Waals surface area contributed by atoms with Gasteiger partial charge in [-0.2, -0.15) is 5.10 Å². The average Bonchev–Trinajstić information content (AvgIpc) is 3.44. The van der Waals surface area contributed by atoms with Crippen molar-refractivity contribution in [2.75, 3.05) is 53.0 Å². The number of methoxy groups -OCH3 is 1. The zero-order chi connectivity index (χ0) is 20.9. The summed E-state index contributed by atoms with van der Waals surface area (Å²) in [5, 5.41) is 6.97. The predicted octanol–water partition coefficient (Wildman–Crippen LogP) is 2.87. The smallest absolute Gasteiger partial charge is 0.257 e. The van der Waals surface area contributed by atoms with Crippen LogP contribution in [-0.2, 0) is 9.53 Å². The number of amides is 1. The van der Waals surface area contributed by atoms with Crippen molar-refractivity contribution in [2.24, 2.45) is 5.10 Å². The van der Waals surface area contributed by atoms with Crippen LogP contribution in [0.25, 0.3) is 0 Å². The normalized spacial score (nSPS) is 20.5. The molecule has 0 radical (unpaired) electrons. The van der Waals surface area contributed by atoms with E-state index in [1.807, 2.05) is 36.4 Å². The molecule has 2 aliphatic rings. The van der Waals surface area contributed by atoms with E-state index < -0.39 is 0 Å². The maximum absolute atomic E-state index is 13.2. The summed E-state index contributed by atoms with van der Waals surface area (Å²) >= 11 is 6.02. The lowest BCUT2D eigenvalue weighted by atomic mass is 10.0. The minimum Gasteiger partial charge on any atom is -0.467 e. The Labute approximate surface area is 181 Å². The summed E-state index contributed by atoms with van der Waals surface area (Å²) in [6.07, 6.45) is 2.25. The molecule has 2 aromatic rings. The highest BCUT2D eigenvalue weighted by atomic mass is 35.5.